The van der Waals surface area contributed by atoms with Crippen LogP contribution in [-0.2, 0) is 17.8 Å². The van der Waals surface area contributed by atoms with Crippen molar-refractivity contribution in [2.45, 2.75) is 31.2 Å². The number of carbonyl (C=O) groups is 1. The van der Waals surface area contributed by atoms with E-state index in [0.29, 0.717) is 13.0 Å². The molecule has 2 N–H and O–H groups in total. The van der Waals surface area contributed by atoms with Crippen LogP contribution in [0.5, 0.6) is 5.75 Å². The van der Waals surface area contributed by atoms with Gasteiger partial charge in [0.15, 0.2) is 6.10 Å². The molecule has 0 spiro atoms. The Bertz CT molecular complexity index is 686. The van der Waals surface area contributed by atoms with Crippen molar-refractivity contribution < 1.29 is 19.7 Å². The molecule has 3 rings (SSSR count). The number of ether oxygens (including phenoxy) is 1. The third-order valence-corrected chi connectivity index (χ3v) is 4.45. The molecule has 126 valence electrons. The molecule has 1 unspecified atom stereocenters. The summed E-state index contributed by atoms with van der Waals surface area (Å²) in [5.74, 6) is 0.327. The van der Waals surface area contributed by atoms with Crippen molar-refractivity contribution in [2.24, 2.45) is 0 Å². The molecule has 1 saturated heterocycles. The largest absolute Gasteiger partial charge is 0.497 e. The predicted molar refractivity (Wildman–Crippen MR) is 89.5 cm³/mol. The average Bonchev–Trinajstić information content (AvgIpc) is 2.81. The summed E-state index contributed by atoms with van der Waals surface area (Å²) in [6, 6.07) is 16.6. The van der Waals surface area contributed by atoms with Crippen molar-refractivity contribution in [2.75, 3.05) is 7.11 Å². The van der Waals surface area contributed by atoms with Gasteiger partial charge in [-0.25, -0.2) is 0 Å². The van der Waals surface area contributed by atoms with E-state index in [1.807, 2.05) is 54.6 Å². The Hall–Kier alpha value is -2.37. The minimum Gasteiger partial charge on any atom is -0.497 e. The van der Waals surface area contributed by atoms with Gasteiger partial charge in [-0.3, -0.25) is 4.79 Å². The number of aliphatic hydroxyl groups excluding tert-OH is 2. The van der Waals surface area contributed by atoms with Crippen LogP contribution in [0.4, 0.5) is 0 Å². The van der Waals surface area contributed by atoms with Gasteiger partial charge in [-0.05, 0) is 29.7 Å². The van der Waals surface area contributed by atoms with Gasteiger partial charge in [-0.1, -0.05) is 42.5 Å². The Morgan fingerprint density at radius 2 is 1.67 bits per heavy atom. The molecule has 0 radical (unpaired) electrons. The van der Waals surface area contributed by atoms with Gasteiger partial charge in [0.05, 0.1) is 13.2 Å². The number of likely N-dealkylation sites (tertiary alicyclic amines) is 1. The molecule has 2 aromatic rings. The van der Waals surface area contributed by atoms with Gasteiger partial charge in [0.25, 0.3) is 5.91 Å². The van der Waals surface area contributed by atoms with Gasteiger partial charge in [0, 0.05) is 6.54 Å². The Balaban J connectivity index is 1.80. The first-order chi connectivity index (χ1) is 11.6. The first-order valence-electron chi connectivity index (χ1n) is 7.93. The highest BCUT2D eigenvalue weighted by molar-refractivity contribution is 5.84. The number of carbonyl (C=O) groups excluding carboxylic acids is 1. The van der Waals surface area contributed by atoms with Crippen LogP contribution in [0.15, 0.2) is 54.6 Å². The van der Waals surface area contributed by atoms with Crippen LogP contribution >= 0.6 is 0 Å². The number of nitrogens with zero attached hydrogens (tertiary/aromatic N) is 1. The van der Waals surface area contributed by atoms with E-state index in [4.69, 9.17) is 4.74 Å². The summed E-state index contributed by atoms with van der Waals surface area (Å²) in [6.07, 6.45) is -1.99. The summed E-state index contributed by atoms with van der Waals surface area (Å²) < 4.78 is 5.14. The molecule has 1 amide bonds. The van der Waals surface area contributed by atoms with E-state index < -0.39 is 24.2 Å². The van der Waals surface area contributed by atoms with Crippen molar-refractivity contribution in [1.82, 2.24) is 4.90 Å². The van der Waals surface area contributed by atoms with Crippen LogP contribution in [0.3, 0.4) is 0 Å². The van der Waals surface area contributed by atoms with Gasteiger partial charge in [-0.2, -0.15) is 0 Å². The summed E-state index contributed by atoms with van der Waals surface area (Å²) in [5, 5.41) is 20.3. The second kappa shape index (κ2) is 7.03. The van der Waals surface area contributed by atoms with Crippen molar-refractivity contribution in [1.29, 1.82) is 0 Å². The predicted octanol–water partition coefficient (Wildman–Crippen LogP) is 1.37. The molecular weight excluding hydrogens is 306 g/mol. The first-order valence-corrected chi connectivity index (χ1v) is 7.93. The Labute approximate surface area is 141 Å². The van der Waals surface area contributed by atoms with E-state index in [1.54, 1.807) is 12.0 Å². The topological polar surface area (TPSA) is 70.0 Å². The van der Waals surface area contributed by atoms with E-state index in [0.717, 1.165) is 16.9 Å². The van der Waals surface area contributed by atoms with Crippen molar-refractivity contribution in [3.63, 3.8) is 0 Å². The lowest BCUT2D eigenvalue weighted by Gasteiger charge is -2.26. The molecule has 1 aliphatic rings. The Morgan fingerprint density at radius 1 is 1.00 bits per heavy atom. The SMILES string of the molecule is COc1ccc(CC2[C@H](O)[C@@H](O)C(=O)N2Cc2ccccc2)cc1. The summed E-state index contributed by atoms with van der Waals surface area (Å²) >= 11 is 0. The molecule has 0 aliphatic carbocycles. The highest BCUT2D eigenvalue weighted by Gasteiger charge is 2.46. The monoisotopic (exact) mass is 327 g/mol. The second-order valence-corrected chi connectivity index (χ2v) is 6.01. The number of aliphatic hydroxyl groups is 2. The molecular formula is C19H21NO4. The number of benzene rings is 2. The number of rotatable bonds is 5. The minimum absolute atomic E-state index is 0.370. The van der Waals surface area contributed by atoms with Crippen LogP contribution in [0.2, 0.25) is 0 Å². The van der Waals surface area contributed by atoms with Gasteiger partial charge in [0.1, 0.15) is 11.9 Å². The average molecular weight is 327 g/mol. The highest BCUT2D eigenvalue weighted by Crippen LogP contribution is 2.26. The first kappa shape index (κ1) is 16.5. The second-order valence-electron chi connectivity index (χ2n) is 6.01. The zero-order chi connectivity index (χ0) is 17.1. The van der Waals surface area contributed by atoms with Crippen LogP contribution < -0.4 is 4.74 Å². The number of methoxy groups -OCH3 is 1. The lowest BCUT2D eigenvalue weighted by molar-refractivity contribution is -0.136. The molecule has 5 heteroatoms. The highest BCUT2D eigenvalue weighted by atomic mass is 16.5. The Kier molecular flexibility index (Phi) is 4.83. The fourth-order valence-electron chi connectivity index (χ4n) is 3.08. The van der Waals surface area contributed by atoms with Crippen LogP contribution in [0, 0.1) is 0 Å². The Morgan fingerprint density at radius 3 is 2.29 bits per heavy atom. The number of hydrogen-bond acceptors (Lipinski definition) is 4. The zero-order valence-electron chi connectivity index (χ0n) is 13.5. The standard InChI is InChI=1S/C19H21NO4/c1-24-15-9-7-13(8-10-15)11-16-17(21)18(22)19(23)20(16)12-14-5-3-2-4-6-14/h2-10,16-18,21-22H,11-12H2,1H3/t16?,17-,18+/m0/s1. The zero-order valence-corrected chi connectivity index (χ0v) is 13.5. The summed E-state index contributed by atoms with van der Waals surface area (Å²) in [5.41, 5.74) is 1.94. The molecule has 0 aromatic heterocycles. The summed E-state index contributed by atoms with van der Waals surface area (Å²) in [4.78, 5) is 13.9. The molecule has 1 fully saturated rings. The van der Waals surface area contributed by atoms with E-state index in [-0.39, 0.29) is 0 Å². The molecule has 3 atom stereocenters. The van der Waals surface area contributed by atoms with E-state index in [9.17, 15) is 15.0 Å². The molecule has 24 heavy (non-hydrogen) atoms. The van der Waals surface area contributed by atoms with E-state index in [1.165, 1.54) is 0 Å². The van der Waals surface area contributed by atoms with Crippen molar-refractivity contribution in [3.05, 3.63) is 65.7 Å². The summed E-state index contributed by atoms with van der Waals surface area (Å²) in [6.45, 7) is 0.370. The van der Waals surface area contributed by atoms with Gasteiger partial charge in [0.2, 0.25) is 0 Å². The molecule has 2 aromatic carbocycles. The van der Waals surface area contributed by atoms with Crippen LogP contribution in [-0.4, -0.2) is 46.4 Å². The molecule has 1 heterocycles. The lowest BCUT2D eigenvalue weighted by atomic mass is 10.0. The quantitative estimate of drug-likeness (QED) is 0.870. The van der Waals surface area contributed by atoms with E-state index in [2.05, 4.69) is 0 Å². The molecule has 1 aliphatic heterocycles. The van der Waals surface area contributed by atoms with Crippen LogP contribution in [0.1, 0.15) is 11.1 Å². The molecule has 0 bridgehead atoms. The lowest BCUT2D eigenvalue weighted by Crippen LogP contribution is -2.38. The van der Waals surface area contributed by atoms with E-state index >= 15 is 0 Å². The van der Waals surface area contributed by atoms with Gasteiger partial charge < -0.3 is 19.8 Å². The van der Waals surface area contributed by atoms with Crippen LogP contribution in [0.25, 0.3) is 0 Å². The third kappa shape index (κ3) is 3.27. The number of hydrogen-bond donors (Lipinski definition) is 2. The minimum atomic E-state index is -1.36. The maximum atomic E-state index is 12.3. The summed E-state index contributed by atoms with van der Waals surface area (Å²) in [7, 11) is 1.60. The maximum absolute atomic E-state index is 12.3. The van der Waals surface area contributed by atoms with Gasteiger partial charge in [-0.15, -0.1) is 0 Å². The smallest absolute Gasteiger partial charge is 0.254 e. The fourth-order valence-corrected chi connectivity index (χ4v) is 3.08. The van der Waals surface area contributed by atoms with Crippen molar-refractivity contribution >= 4 is 5.91 Å². The third-order valence-electron chi connectivity index (χ3n) is 4.45. The fraction of sp³-hybridized carbons (Fsp3) is 0.316. The van der Waals surface area contributed by atoms with Gasteiger partial charge >= 0.3 is 0 Å². The molecule has 0 saturated carbocycles. The van der Waals surface area contributed by atoms with Crippen molar-refractivity contribution in [3.8, 4) is 5.75 Å². The molecule has 5 nitrogen and oxygen atoms in total. The maximum Gasteiger partial charge on any atom is 0.254 e. The number of amides is 1. The normalized spacial score (nSPS) is 23.5.